The fourth-order valence-corrected chi connectivity index (χ4v) is 3.68. The summed E-state index contributed by atoms with van der Waals surface area (Å²) in [4.78, 5) is 26.5. The zero-order valence-electron chi connectivity index (χ0n) is 16.6. The molecule has 1 amide bonds. The first-order chi connectivity index (χ1) is 14.6. The maximum atomic E-state index is 13.4. The maximum absolute atomic E-state index is 13.4. The molecule has 2 aromatic heterocycles. The summed E-state index contributed by atoms with van der Waals surface area (Å²) in [7, 11) is 0. The number of carbonyl (C=O) groups is 2. The van der Waals surface area contributed by atoms with Gasteiger partial charge in [0.05, 0.1) is 24.6 Å². The zero-order chi connectivity index (χ0) is 21.1. The van der Waals surface area contributed by atoms with Gasteiger partial charge >= 0.3 is 5.97 Å². The van der Waals surface area contributed by atoms with Gasteiger partial charge in [0.2, 0.25) is 0 Å². The lowest BCUT2D eigenvalue weighted by molar-refractivity contribution is 0.0517. The largest absolute Gasteiger partial charge is 0.461 e. The highest BCUT2D eigenvalue weighted by atomic mass is 19.1. The van der Waals surface area contributed by atoms with E-state index in [0.29, 0.717) is 37.4 Å². The molecule has 0 atom stereocenters. The first-order valence-corrected chi connectivity index (χ1v) is 9.92. The second kappa shape index (κ2) is 8.52. The number of halogens is 1. The molecule has 0 spiro atoms. The molecule has 1 saturated heterocycles. The minimum absolute atomic E-state index is 0.00567. The smallest absolute Gasteiger partial charge is 0.358 e. The summed E-state index contributed by atoms with van der Waals surface area (Å²) in [5.41, 5.74) is 1.69. The molecule has 1 fully saturated rings. The molecule has 0 aliphatic carbocycles. The van der Waals surface area contributed by atoms with Crippen molar-refractivity contribution < 1.29 is 23.1 Å². The molecule has 0 saturated carbocycles. The van der Waals surface area contributed by atoms with Crippen LogP contribution in [0, 0.1) is 5.82 Å². The zero-order valence-corrected chi connectivity index (χ0v) is 16.6. The Morgan fingerprint density at radius 1 is 1.20 bits per heavy atom. The molecular formula is C22H22FN3O4. The van der Waals surface area contributed by atoms with Gasteiger partial charge < -0.3 is 14.1 Å². The van der Waals surface area contributed by atoms with Gasteiger partial charge in [0.25, 0.3) is 5.91 Å². The van der Waals surface area contributed by atoms with Crippen LogP contribution < -0.4 is 0 Å². The quantitative estimate of drug-likeness (QED) is 0.595. The number of furan rings is 1. The molecule has 7 nitrogen and oxygen atoms in total. The van der Waals surface area contributed by atoms with Gasteiger partial charge in [0, 0.05) is 18.7 Å². The molecule has 0 bridgehead atoms. The SMILES string of the molecule is CCOC(=O)c1cc(-c2ccc(F)cc2)n(C2CCN(C(=O)c3ccco3)CC2)n1. The Hall–Kier alpha value is -3.42. The summed E-state index contributed by atoms with van der Waals surface area (Å²) in [5, 5.41) is 4.50. The molecule has 3 aromatic rings. The van der Waals surface area contributed by atoms with Crippen molar-refractivity contribution in [3.8, 4) is 11.3 Å². The molecule has 30 heavy (non-hydrogen) atoms. The molecular weight excluding hydrogens is 389 g/mol. The van der Waals surface area contributed by atoms with Crippen LogP contribution in [0.4, 0.5) is 4.39 Å². The average molecular weight is 411 g/mol. The highest BCUT2D eigenvalue weighted by molar-refractivity contribution is 5.91. The van der Waals surface area contributed by atoms with Crippen molar-refractivity contribution in [1.82, 2.24) is 14.7 Å². The number of piperidine rings is 1. The normalized spacial score (nSPS) is 14.7. The number of carbonyl (C=O) groups excluding carboxylic acids is 2. The summed E-state index contributed by atoms with van der Waals surface area (Å²) in [6, 6.07) is 11.1. The molecule has 3 heterocycles. The Kier molecular flexibility index (Phi) is 5.65. The van der Waals surface area contributed by atoms with Crippen LogP contribution in [0.3, 0.4) is 0 Å². The molecule has 0 N–H and O–H groups in total. The number of esters is 1. The van der Waals surface area contributed by atoms with Crippen LogP contribution in [0.5, 0.6) is 0 Å². The molecule has 156 valence electrons. The van der Waals surface area contributed by atoms with Gasteiger partial charge in [-0.15, -0.1) is 0 Å². The Morgan fingerprint density at radius 2 is 1.93 bits per heavy atom. The lowest BCUT2D eigenvalue weighted by Crippen LogP contribution is -2.39. The van der Waals surface area contributed by atoms with Gasteiger partial charge in [0.15, 0.2) is 11.5 Å². The van der Waals surface area contributed by atoms with Gasteiger partial charge in [-0.05, 0) is 62.2 Å². The predicted molar refractivity (Wildman–Crippen MR) is 106 cm³/mol. The first kappa shape index (κ1) is 19.9. The number of aromatic nitrogens is 2. The van der Waals surface area contributed by atoms with Gasteiger partial charge in [-0.3, -0.25) is 9.48 Å². The van der Waals surface area contributed by atoms with E-state index < -0.39 is 5.97 Å². The van der Waals surface area contributed by atoms with Gasteiger partial charge in [0.1, 0.15) is 5.82 Å². The number of benzene rings is 1. The van der Waals surface area contributed by atoms with Crippen LogP contribution in [0.15, 0.2) is 53.1 Å². The van der Waals surface area contributed by atoms with Crippen LogP contribution in [-0.4, -0.2) is 46.3 Å². The van der Waals surface area contributed by atoms with Gasteiger partial charge in [-0.25, -0.2) is 9.18 Å². The Balaban J connectivity index is 1.57. The third-order valence-electron chi connectivity index (χ3n) is 5.19. The van der Waals surface area contributed by atoms with Crippen LogP contribution in [0.2, 0.25) is 0 Å². The van der Waals surface area contributed by atoms with Crippen molar-refractivity contribution in [3.63, 3.8) is 0 Å². The van der Waals surface area contributed by atoms with E-state index in [4.69, 9.17) is 9.15 Å². The third kappa shape index (κ3) is 3.98. The van der Waals surface area contributed by atoms with Crippen LogP contribution in [0.25, 0.3) is 11.3 Å². The van der Waals surface area contributed by atoms with E-state index in [9.17, 15) is 14.0 Å². The lowest BCUT2D eigenvalue weighted by atomic mass is 10.0. The van der Waals surface area contributed by atoms with Crippen molar-refractivity contribution in [3.05, 3.63) is 66.0 Å². The average Bonchev–Trinajstić information content (AvgIpc) is 3.45. The Bertz CT molecular complexity index is 1020. The van der Waals surface area contributed by atoms with Crippen LogP contribution in [-0.2, 0) is 4.74 Å². The third-order valence-corrected chi connectivity index (χ3v) is 5.19. The molecule has 4 rings (SSSR count). The second-order valence-electron chi connectivity index (χ2n) is 7.09. The minimum Gasteiger partial charge on any atom is -0.461 e. The monoisotopic (exact) mass is 411 g/mol. The molecule has 1 aliphatic rings. The molecule has 1 aliphatic heterocycles. The van der Waals surface area contributed by atoms with E-state index in [-0.39, 0.29) is 30.1 Å². The number of amides is 1. The molecule has 8 heteroatoms. The van der Waals surface area contributed by atoms with Crippen molar-refractivity contribution >= 4 is 11.9 Å². The summed E-state index contributed by atoms with van der Waals surface area (Å²) in [6.45, 7) is 3.08. The topological polar surface area (TPSA) is 77.6 Å². The van der Waals surface area contributed by atoms with Gasteiger partial charge in [-0.1, -0.05) is 0 Å². The number of hydrogen-bond donors (Lipinski definition) is 0. The predicted octanol–water partition coefficient (Wildman–Crippen LogP) is 3.94. The van der Waals surface area contributed by atoms with Crippen LogP contribution in [0.1, 0.15) is 46.9 Å². The van der Waals surface area contributed by atoms with E-state index in [1.54, 1.807) is 46.8 Å². The maximum Gasteiger partial charge on any atom is 0.358 e. The minimum atomic E-state index is -0.495. The van der Waals surface area contributed by atoms with Crippen molar-refractivity contribution in [1.29, 1.82) is 0 Å². The van der Waals surface area contributed by atoms with Crippen molar-refractivity contribution in [2.45, 2.75) is 25.8 Å². The van der Waals surface area contributed by atoms with E-state index in [2.05, 4.69) is 5.10 Å². The first-order valence-electron chi connectivity index (χ1n) is 9.92. The highest BCUT2D eigenvalue weighted by Gasteiger charge is 2.29. The summed E-state index contributed by atoms with van der Waals surface area (Å²) in [5.74, 6) is -0.640. The number of ether oxygens (including phenoxy) is 1. The van der Waals surface area contributed by atoms with Crippen LogP contribution >= 0.6 is 0 Å². The van der Waals surface area contributed by atoms with E-state index in [1.165, 1.54) is 18.4 Å². The molecule has 0 radical (unpaired) electrons. The van der Waals surface area contributed by atoms with Crippen molar-refractivity contribution in [2.75, 3.05) is 19.7 Å². The number of hydrogen-bond acceptors (Lipinski definition) is 5. The summed E-state index contributed by atoms with van der Waals surface area (Å²) >= 11 is 0. The number of nitrogens with zero attached hydrogens (tertiary/aromatic N) is 3. The van der Waals surface area contributed by atoms with E-state index >= 15 is 0 Å². The fraction of sp³-hybridized carbons (Fsp3) is 0.318. The standard InChI is InChI=1S/C22H22FN3O4/c1-2-29-22(28)18-14-19(15-5-7-16(23)8-6-15)26(24-18)17-9-11-25(12-10-17)21(27)20-4-3-13-30-20/h3-8,13-14,17H,2,9-12H2,1H3. The second-order valence-corrected chi connectivity index (χ2v) is 7.09. The highest BCUT2D eigenvalue weighted by Crippen LogP contribution is 2.30. The molecule has 0 unspecified atom stereocenters. The van der Waals surface area contributed by atoms with Gasteiger partial charge in [-0.2, -0.15) is 5.10 Å². The molecule has 1 aromatic carbocycles. The Labute approximate surface area is 173 Å². The number of rotatable bonds is 5. The lowest BCUT2D eigenvalue weighted by Gasteiger charge is -2.32. The fourth-order valence-electron chi connectivity index (χ4n) is 3.68. The van der Waals surface area contributed by atoms with E-state index in [0.717, 1.165) is 5.56 Å². The summed E-state index contributed by atoms with van der Waals surface area (Å²) < 4.78 is 25.5. The van der Waals surface area contributed by atoms with Crippen molar-refractivity contribution in [2.24, 2.45) is 0 Å². The summed E-state index contributed by atoms with van der Waals surface area (Å²) in [6.07, 6.45) is 2.82. The van der Waals surface area contributed by atoms with E-state index in [1.807, 2.05) is 0 Å². The number of likely N-dealkylation sites (tertiary alicyclic amines) is 1. The Morgan fingerprint density at radius 3 is 2.57 bits per heavy atom.